The molecule has 0 heterocycles. The predicted molar refractivity (Wildman–Crippen MR) is 80.4 cm³/mol. The van der Waals surface area contributed by atoms with E-state index in [0.717, 1.165) is 5.69 Å². The Hall–Kier alpha value is -1.20. The van der Waals surface area contributed by atoms with Gasteiger partial charge in [0.2, 0.25) is 0 Å². The second kappa shape index (κ2) is 5.43. The number of nitrogens with zero attached hydrogens (tertiary/aromatic N) is 1. The van der Waals surface area contributed by atoms with Gasteiger partial charge in [0.1, 0.15) is 6.07 Å². The molecule has 0 aromatic heterocycles. The SMILES string of the molecule is CC1CC(C)(C)CCC1Nc1ccc(C#N)c(Cl)c1. The van der Waals surface area contributed by atoms with Gasteiger partial charge in [0.15, 0.2) is 0 Å². The number of hydrogen-bond acceptors (Lipinski definition) is 2. The van der Waals surface area contributed by atoms with Gasteiger partial charge in [0.25, 0.3) is 0 Å². The maximum atomic E-state index is 8.88. The molecule has 19 heavy (non-hydrogen) atoms. The van der Waals surface area contributed by atoms with E-state index in [2.05, 4.69) is 32.2 Å². The molecule has 1 aromatic carbocycles. The quantitative estimate of drug-likeness (QED) is 0.839. The minimum atomic E-state index is 0.458. The molecule has 2 rings (SSSR count). The maximum absolute atomic E-state index is 8.88. The van der Waals surface area contributed by atoms with E-state index in [4.69, 9.17) is 16.9 Å². The molecule has 2 nitrogen and oxygen atoms in total. The van der Waals surface area contributed by atoms with Crippen LogP contribution in [0, 0.1) is 22.7 Å². The zero-order valence-corrected chi connectivity index (χ0v) is 12.6. The normalized spacial score (nSPS) is 25.6. The van der Waals surface area contributed by atoms with Crippen molar-refractivity contribution >= 4 is 17.3 Å². The lowest BCUT2D eigenvalue weighted by atomic mass is 9.70. The first kappa shape index (κ1) is 14.2. The summed E-state index contributed by atoms with van der Waals surface area (Å²) in [7, 11) is 0. The molecule has 0 amide bonds. The molecule has 1 aliphatic carbocycles. The van der Waals surface area contributed by atoms with Crippen LogP contribution >= 0.6 is 11.6 Å². The van der Waals surface area contributed by atoms with Gasteiger partial charge in [-0.15, -0.1) is 0 Å². The molecule has 0 saturated heterocycles. The molecule has 0 radical (unpaired) electrons. The Morgan fingerprint density at radius 1 is 1.42 bits per heavy atom. The van der Waals surface area contributed by atoms with Gasteiger partial charge in [0, 0.05) is 11.7 Å². The molecular weight excluding hydrogens is 256 g/mol. The average Bonchev–Trinajstić information content (AvgIpc) is 2.32. The minimum Gasteiger partial charge on any atom is -0.382 e. The van der Waals surface area contributed by atoms with E-state index in [9.17, 15) is 0 Å². The minimum absolute atomic E-state index is 0.458. The predicted octanol–water partition coefficient (Wildman–Crippen LogP) is 4.84. The van der Waals surface area contributed by atoms with Gasteiger partial charge < -0.3 is 5.32 Å². The van der Waals surface area contributed by atoms with Crippen LogP contribution in [0.25, 0.3) is 0 Å². The molecule has 1 saturated carbocycles. The fourth-order valence-electron chi connectivity index (χ4n) is 3.07. The van der Waals surface area contributed by atoms with E-state index >= 15 is 0 Å². The monoisotopic (exact) mass is 276 g/mol. The van der Waals surface area contributed by atoms with Crippen LogP contribution in [0.15, 0.2) is 18.2 Å². The maximum Gasteiger partial charge on any atom is 0.101 e. The number of nitrogens with one attached hydrogen (secondary N) is 1. The third-order valence-electron chi connectivity index (χ3n) is 4.14. The second-order valence-corrected chi connectivity index (χ2v) is 6.85. The van der Waals surface area contributed by atoms with Crippen molar-refractivity contribution < 1.29 is 0 Å². The summed E-state index contributed by atoms with van der Waals surface area (Å²) in [6.45, 7) is 7.00. The van der Waals surface area contributed by atoms with Crippen molar-refractivity contribution in [1.29, 1.82) is 5.26 Å². The summed E-state index contributed by atoms with van der Waals surface area (Å²) < 4.78 is 0. The summed E-state index contributed by atoms with van der Waals surface area (Å²) in [6.07, 6.45) is 3.68. The summed E-state index contributed by atoms with van der Waals surface area (Å²) in [5.41, 5.74) is 2.01. The highest BCUT2D eigenvalue weighted by Crippen LogP contribution is 2.39. The van der Waals surface area contributed by atoms with Gasteiger partial charge in [-0.1, -0.05) is 32.4 Å². The van der Waals surface area contributed by atoms with Crippen molar-refractivity contribution in [2.24, 2.45) is 11.3 Å². The van der Waals surface area contributed by atoms with Gasteiger partial charge in [0.05, 0.1) is 10.6 Å². The Balaban J connectivity index is 2.06. The number of rotatable bonds is 2. The fraction of sp³-hybridized carbons (Fsp3) is 0.562. The molecular formula is C16H21ClN2. The van der Waals surface area contributed by atoms with Crippen LogP contribution in [0.5, 0.6) is 0 Å². The van der Waals surface area contributed by atoms with Gasteiger partial charge in [-0.05, 0) is 48.8 Å². The standard InChI is InChI=1S/C16H21ClN2/c1-11-9-16(2,3)7-6-15(11)19-13-5-4-12(10-18)14(17)8-13/h4-5,8,11,15,19H,6-7,9H2,1-3H3. The molecule has 2 unspecified atom stereocenters. The van der Waals surface area contributed by atoms with Crippen LogP contribution in [-0.2, 0) is 0 Å². The van der Waals surface area contributed by atoms with Crippen LogP contribution in [0.2, 0.25) is 5.02 Å². The summed E-state index contributed by atoms with van der Waals surface area (Å²) in [6, 6.07) is 8.16. The number of hydrogen-bond donors (Lipinski definition) is 1. The third kappa shape index (κ3) is 3.42. The third-order valence-corrected chi connectivity index (χ3v) is 4.45. The first-order chi connectivity index (χ1) is 8.91. The summed E-state index contributed by atoms with van der Waals surface area (Å²) >= 11 is 6.07. The van der Waals surface area contributed by atoms with Crippen LogP contribution in [0.3, 0.4) is 0 Å². The summed E-state index contributed by atoms with van der Waals surface area (Å²) in [4.78, 5) is 0. The molecule has 1 aromatic rings. The number of halogens is 1. The van der Waals surface area contributed by atoms with Gasteiger partial charge in [-0.25, -0.2) is 0 Å². The van der Waals surface area contributed by atoms with Gasteiger partial charge in [-0.2, -0.15) is 5.26 Å². The fourth-order valence-corrected chi connectivity index (χ4v) is 3.29. The first-order valence-corrected chi connectivity index (χ1v) is 7.25. The molecule has 2 atom stereocenters. The Kier molecular flexibility index (Phi) is 4.06. The highest BCUT2D eigenvalue weighted by molar-refractivity contribution is 6.32. The lowest BCUT2D eigenvalue weighted by Crippen LogP contribution is -2.36. The Labute approximate surface area is 120 Å². The largest absolute Gasteiger partial charge is 0.382 e. The van der Waals surface area contributed by atoms with E-state index in [-0.39, 0.29) is 0 Å². The van der Waals surface area contributed by atoms with E-state index < -0.39 is 0 Å². The Morgan fingerprint density at radius 3 is 2.74 bits per heavy atom. The summed E-state index contributed by atoms with van der Waals surface area (Å²) in [5.74, 6) is 0.651. The van der Waals surface area contributed by atoms with Crippen molar-refractivity contribution in [2.45, 2.75) is 46.1 Å². The van der Waals surface area contributed by atoms with Gasteiger partial charge >= 0.3 is 0 Å². The van der Waals surface area contributed by atoms with Crippen LogP contribution < -0.4 is 5.32 Å². The smallest absolute Gasteiger partial charge is 0.101 e. The molecule has 102 valence electrons. The van der Waals surface area contributed by atoms with Crippen molar-refractivity contribution in [2.75, 3.05) is 5.32 Å². The zero-order chi connectivity index (χ0) is 14.0. The van der Waals surface area contributed by atoms with Crippen LogP contribution in [0.4, 0.5) is 5.69 Å². The highest BCUT2D eigenvalue weighted by atomic mass is 35.5. The molecule has 1 N–H and O–H groups in total. The van der Waals surface area contributed by atoms with Crippen molar-refractivity contribution in [3.05, 3.63) is 28.8 Å². The van der Waals surface area contributed by atoms with Crippen molar-refractivity contribution in [3.63, 3.8) is 0 Å². The average molecular weight is 277 g/mol. The molecule has 1 aliphatic rings. The molecule has 0 bridgehead atoms. The Bertz CT molecular complexity index is 502. The van der Waals surface area contributed by atoms with E-state index in [0.29, 0.717) is 28.0 Å². The molecule has 0 spiro atoms. The highest BCUT2D eigenvalue weighted by Gasteiger charge is 2.32. The molecule has 0 aliphatic heterocycles. The topological polar surface area (TPSA) is 35.8 Å². The van der Waals surface area contributed by atoms with E-state index in [1.165, 1.54) is 19.3 Å². The molecule has 3 heteroatoms. The summed E-state index contributed by atoms with van der Waals surface area (Å²) in [5, 5.41) is 13.0. The van der Waals surface area contributed by atoms with Crippen molar-refractivity contribution in [3.8, 4) is 6.07 Å². The van der Waals surface area contributed by atoms with E-state index in [1.807, 2.05) is 12.1 Å². The lowest BCUT2D eigenvalue weighted by Gasteiger charge is -2.40. The number of anilines is 1. The van der Waals surface area contributed by atoms with Crippen LogP contribution in [-0.4, -0.2) is 6.04 Å². The second-order valence-electron chi connectivity index (χ2n) is 6.44. The van der Waals surface area contributed by atoms with Crippen LogP contribution in [0.1, 0.15) is 45.6 Å². The van der Waals surface area contributed by atoms with E-state index in [1.54, 1.807) is 6.07 Å². The van der Waals surface area contributed by atoms with Gasteiger partial charge in [-0.3, -0.25) is 0 Å². The number of nitriles is 1. The lowest BCUT2D eigenvalue weighted by molar-refractivity contribution is 0.177. The number of benzene rings is 1. The molecule has 1 fully saturated rings. The van der Waals surface area contributed by atoms with Crippen molar-refractivity contribution in [1.82, 2.24) is 0 Å². The Morgan fingerprint density at radius 2 is 2.16 bits per heavy atom. The first-order valence-electron chi connectivity index (χ1n) is 6.87. The zero-order valence-electron chi connectivity index (χ0n) is 11.8.